The Hall–Kier alpha value is -4.04. The zero-order valence-electron chi connectivity index (χ0n) is 21.1. The van der Waals surface area contributed by atoms with Gasteiger partial charge in [0.2, 0.25) is 0 Å². The van der Waals surface area contributed by atoms with Crippen molar-refractivity contribution in [3.8, 4) is 11.5 Å². The summed E-state index contributed by atoms with van der Waals surface area (Å²) in [5.74, 6) is -0.594. The van der Waals surface area contributed by atoms with Crippen LogP contribution in [0.3, 0.4) is 0 Å². The number of rotatable bonds is 6. The lowest BCUT2D eigenvalue weighted by Crippen LogP contribution is -2.41. The predicted octanol–water partition coefficient (Wildman–Crippen LogP) is 5.64. The Balaban J connectivity index is 1.36. The molecule has 9 heteroatoms. The molecule has 0 fully saturated rings. The first-order valence-electron chi connectivity index (χ1n) is 12.1. The molecular weight excluding hydrogens is 511 g/mol. The van der Waals surface area contributed by atoms with Crippen molar-refractivity contribution in [3.63, 3.8) is 0 Å². The fourth-order valence-electron chi connectivity index (χ4n) is 4.90. The highest BCUT2D eigenvalue weighted by Crippen LogP contribution is 2.34. The van der Waals surface area contributed by atoms with Gasteiger partial charge in [0.1, 0.15) is 30.0 Å². The molecule has 1 aliphatic heterocycles. The summed E-state index contributed by atoms with van der Waals surface area (Å²) in [5, 5.41) is 10.4. The van der Waals surface area contributed by atoms with Crippen LogP contribution in [0.5, 0.6) is 11.5 Å². The fourth-order valence-corrected chi connectivity index (χ4v) is 5.15. The predicted molar refractivity (Wildman–Crippen MR) is 144 cm³/mol. The van der Waals surface area contributed by atoms with Crippen LogP contribution in [0.25, 0.3) is 10.9 Å². The molecule has 7 nitrogen and oxygen atoms in total. The van der Waals surface area contributed by atoms with E-state index in [1.165, 1.54) is 16.7 Å². The van der Waals surface area contributed by atoms with Gasteiger partial charge in [0.15, 0.2) is 0 Å². The van der Waals surface area contributed by atoms with Gasteiger partial charge in [-0.3, -0.25) is 14.2 Å². The quantitative estimate of drug-likeness (QED) is 0.343. The van der Waals surface area contributed by atoms with Gasteiger partial charge in [0, 0.05) is 24.2 Å². The number of fused-ring (bicyclic) bond motifs is 2. The lowest BCUT2D eigenvalue weighted by molar-refractivity contribution is -0.136. The van der Waals surface area contributed by atoms with Crippen LogP contribution in [0.15, 0.2) is 54.6 Å². The highest BCUT2D eigenvalue weighted by atomic mass is 35.5. The van der Waals surface area contributed by atoms with Gasteiger partial charge in [0.05, 0.1) is 34.8 Å². The topological polar surface area (TPSA) is 81.0 Å². The lowest BCUT2D eigenvalue weighted by atomic mass is 10.1. The van der Waals surface area contributed by atoms with E-state index in [4.69, 9.17) is 21.1 Å². The third-order valence-electron chi connectivity index (χ3n) is 6.73. The molecule has 0 bridgehead atoms. The van der Waals surface area contributed by atoms with E-state index in [9.17, 15) is 19.1 Å². The van der Waals surface area contributed by atoms with Gasteiger partial charge in [0.25, 0.3) is 5.91 Å². The molecule has 2 heterocycles. The van der Waals surface area contributed by atoms with E-state index in [2.05, 4.69) is 0 Å². The van der Waals surface area contributed by atoms with E-state index in [0.717, 1.165) is 10.9 Å². The van der Waals surface area contributed by atoms with Gasteiger partial charge in [-0.15, -0.1) is 0 Å². The summed E-state index contributed by atoms with van der Waals surface area (Å²) in [4.78, 5) is 27.0. The zero-order valence-corrected chi connectivity index (χ0v) is 21.9. The monoisotopic (exact) mass is 536 g/mol. The first kappa shape index (κ1) is 25.6. The Morgan fingerprint density at radius 2 is 1.92 bits per heavy atom. The van der Waals surface area contributed by atoms with Crippen LogP contribution in [0.4, 0.5) is 10.1 Å². The van der Waals surface area contributed by atoms with Gasteiger partial charge < -0.3 is 19.5 Å². The number of carbonyl (C=O) groups excluding carboxylic acids is 1. The zero-order chi connectivity index (χ0) is 27.1. The van der Waals surface area contributed by atoms with E-state index in [1.807, 2.05) is 37.1 Å². The number of carbonyl (C=O) groups is 2. The van der Waals surface area contributed by atoms with Crippen molar-refractivity contribution in [2.24, 2.45) is 0 Å². The molecule has 0 aliphatic carbocycles. The summed E-state index contributed by atoms with van der Waals surface area (Å²) in [7, 11) is 1.86. The molecule has 0 saturated carbocycles. The van der Waals surface area contributed by atoms with Gasteiger partial charge >= 0.3 is 5.97 Å². The molecule has 38 heavy (non-hydrogen) atoms. The van der Waals surface area contributed by atoms with Crippen molar-refractivity contribution in [3.05, 3.63) is 87.8 Å². The van der Waals surface area contributed by atoms with Gasteiger partial charge in [-0.1, -0.05) is 23.2 Å². The molecule has 0 radical (unpaired) electrons. The number of ether oxygens (including phenoxy) is 2. The number of aromatic nitrogens is 1. The number of carboxylic acids is 1. The number of hydrogen-bond donors (Lipinski definition) is 1. The Kier molecular flexibility index (Phi) is 6.75. The third kappa shape index (κ3) is 4.79. The summed E-state index contributed by atoms with van der Waals surface area (Å²) < 4.78 is 27.0. The molecule has 0 amide bonds. The SMILES string of the molecule is Cc1ccc2c(c1)c(CC(=O)O)c(C)n2C(=O)c1ccc(OC[C@@H]2CN(C)c3cc(F)ccc3O2)cc1Cl. The van der Waals surface area contributed by atoms with E-state index in [0.29, 0.717) is 40.5 Å². The Labute approximate surface area is 223 Å². The minimum atomic E-state index is -0.968. The number of hydrogen-bond acceptors (Lipinski definition) is 5. The minimum Gasteiger partial charge on any atom is -0.490 e. The van der Waals surface area contributed by atoms with Crippen molar-refractivity contribution < 1.29 is 28.6 Å². The maximum atomic E-state index is 13.6. The summed E-state index contributed by atoms with van der Waals surface area (Å²) in [6, 6.07) is 14.8. The van der Waals surface area contributed by atoms with Crippen molar-refractivity contribution in [1.29, 1.82) is 0 Å². The van der Waals surface area contributed by atoms with E-state index >= 15 is 0 Å². The fraction of sp³-hybridized carbons (Fsp3) is 0.241. The first-order chi connectivity index (χ1) is 18.1. The summed E-state index contributed by atoms with van der Waals surface area (Å²) in [6.45, 7) is 4.40. The standard InChI is InChI=1S/C29H26ClFN2O5/c1-16-4-8-25-23(10-16)22(13-28(34)35)17(2)33(25)29(36)21-7-6-19(12-24(21)30)37-15-20-14-32(3)26-11-18(31)5-9-27(26)38-20/h4-12,20H,13-15H2,1-3H3,(H,34,35)/t20-/m0/s1. The van der Waals surface area contributed by atoms with Crippen LogP contribution in [0.1, 0.15) is 27.2 Å². The number of nitrogens with zero attached hydrogens (tertiary/aromatic N) is 2. The molecule has 1 aliphatic rings. The molecule has 1 aromatic heterocycles. The van der Waals surface area contributed by atoms with Crippen LogP contribution >= 0.6 is 11.6 Å². The van der Waals surface area contributed by atoms with E-state index in [-0.39, 0.29) is 41.4 Å². The van der Waals surface area contributed by atoms with Crippen LogP contribution in [-0.2, 0) is 11.2 Å². The Morgan fingerprint density at radius 1 is 1.13 bits per heavy atom. The second-order valence-corrected chi connectivity index (χ2v) is 9.89. The molecule has 0 unspecified atom stereocenters. The summed E-state index contributed by atoms with van der Waals surface area (Å²) >= 11 is 6.54. The van der Waals surface area contributed by atoms with E-state index in [1.54, 1.807) is 31.2 Å². The largest absolute Gasteiger partial charge is 0.490 e. The number of aliphatic carboxylic acids is 1. The molecule has 3 aromatic carbocycles. The van der Waals surface area contributed by atoms with Crippen molar-refractivity contribution in [2.75, 3.05) is 25.1 Å². The second kappa shape index (κ2) is 10.0. The van der Waals surface area contributed by atoms with Crippen molar-refractivity contribution in [1.82, 2.24) is 4.57 Å². The molecular formula is C29H26ClFN2O5. The number of likely N-dealkylation sites (N-methyl/N-ethyl adjacent to an activating group) is 1. The maximum absolute atomic E-state index is 13.6. The molecule has 0 saturated heterocycles. The van der Waals surface area contributed by atoms with Gasteiger partial charge in [-0.05, 0) is 61.9 Å². The second-order valence-electron chi connectivity index (χ2n) is 9.48. The average molecular weight is 537 g/mol. The number of carboxylic acid groups (broad SMARTS) is 1. The molecule has 196 valence electrons. The van der Waals surface area contributed by atoms with Crippen LogP contribution in [-0.4, -0.2) is 47.9 Å². The minimum absolute atomic E-state index is 0.190. The molecule has 1 atom stereocenters. The number of benzene rings is 3. The van der Waals surface area contributed by atoms with Crippen molar-refractivity contribution >= 4 is 40.1 Å². The normalized spacial score (nSPS) is 14.8. The first-order valence-corrected chi connectivity index (χ1v) is 12.5. The average Bonchev–Trinajstić information content (AvgIpc) is 3.13. The number of halogens is 2. The number of aryl methyl sites for hydroxylation is 1. The molecule has 1 N–H and O–H groups in total. The molecule has 0 spiro atoms. The van der Waals surface area contributed by atoms with E-state index < -0.39 is 5.97 Å². The summed E-state index contributed by atoms with van der Waals surface area (Å²) in [6.07, 6.45) is -0.479. The lowest BCUT2D eigenvalue weighted by Gasteiger charge is -2.33. The summed E-state index contributed by atoms with van der Waals surface area (Å²) in [5.41, 5.74) is 3.71. The Morgan fingerprint density at radius 3 is 2.66 bits per heavy atom. The molecule has 4 aromatic rings. The highest BCUT2D eigenvalue weighted by molar-refractivity contribution is 6.34. The maximum Gasteiger partial charge on any atom is 0.307 e. The Bertz CT molecular complexity index is 1580. The van der Waals surface area contributed by atoms with Gasteiger partial charge in [-0.2, -0.15) is 0 Å². The third-order valence-corrected chi connectivity index (χ3v) is 7.04. The number of anilines is 1. The highest BCUT2D eigenvalue weighted by Gasteiger charge is 2.26. The molecule has 5 rings (SSSR count). The van der Waals surface area contributed by atoms with Crippen LogP contribution in [0.2, 0.25) is 5.02 Å². The van der Waals surface area contributed by atoms with Gasteiger partial charge in [-0.25, -0.2) is 4.39 Å². The smallest absolute Gasteiger partial charge is 0.307 e. The van der Waals surface area contributed by atoms with Crippen molar-refractivity contribution in [2.45, 2.75) is 26.4 Å². The van der Waals surface area contributed by atoms with Crippen LogP contribution < -0.4 is 14.4 Å². The van der Waals surface area contributed by atoms with Crippen LogP contribution in [0, 0.1) is 19.7 Å².